The number of carbonyl (C=O) groups excluding carboxylic acids is 3. The van der Waals surface area contributed by atoms with Gasteiger partial charge in [0.2, 0.25) is 0 Å². The second-order valence-corrected chi connectivity index (χ2v) is 7.48. The van der Waals surface area contributed by atoms with E-state index in [-0.39, 0.29) is 15.6 Å². The Bertz CT molecular complexity index is 796. The zero-order valence-electron chi connectivity index (χ0n) is 12.4. The summed E-state index contributed by atoms with van der Waals surface area (Å²) in [7, 11) is 0. The van der Waals surface area contributed by atoms with Crippen LogP contribution in [0.3, 0.4) is 0 Å². The minimum absolute atomic E-state index is 0.00566. The number of thiocarbonyl (C=S) groups is 1. The summed E-state index contributed by atoms with van der Waals surface area (Å²) in [5, 5.41) is 22.6. The van der Waals surface area contributed by atoms with Crippen molar-refractivity contribution in [2.45, 2.75) is 18.9 Å². The lowest BCUT2D eigenvalue weighted by molar-refractivity contribution is -0.311. The first-order valence-corrected chi connectivity index (χ1v) is 8.81. The Morgan fingerprint density at radius 2 is 2.00 bits per heavy atom. The van der Waals surface area contributed by atoms with Crippen LogP contribution >= 0.6 is 47.2 Å². The van der Waals surface area contributed by atoms with E-state index in [0.717, 1.165) is 16.7 Å². The van der Waals surface area contributed by atoms with E-state index >= 15 is 0 Å². The number of carboxylic acids is 2. The summed E-state index contributed by atoms with van der Waals surface area (Å²) in [6, 6.07) is 3.20. The van der Waals surface area contributed by atoms with Gasteiger partial charge in [0, 0.05) is 16.0 Å². The number of carboxylic acid groups (broad SMARTS) is 2. The standard InChI is InChI=1S/C15H11Cl2NO5S2/c16-8-2-1-7(9(17)6-8)5-11-13(21)18(15(24)25-11)10(14(22)23)3-4-12(19)20/h1-2,5-6,10H,3-4H2,(H,19,20)(H,22,23)/p-2/b11-5-/t10-/m1/s1. The first kappa shape index (κ1) is 19.7. The van der Waals surface area contributed by atoms with E-state index < -0.39 is 30.3 Å². The molecule has 1 heterocycles. The molecule has 1 atom stereocenters. The average Bonchev–Trinajstić information content (AvgIpc) is 2.77. The highest BCUT2D eigenvalue weighted by Gasteiger charge is 2.37. The quantitative estimate of drug-likeness (QED) is 0.499. The molecule has 1 fully saturated rings. The number of thioether (sulfide) groups is 1. The maximum Gasteiger partial charge on any atom is 0.266 e. The highest BCUT2D eigenvalue weighted by atomic mass is 35.5. The maximum atomic E-state index is 12.5. The van der Waals surface area contributed by atoms with E-state index in [0.29, 0.717) is 15.6 Å². The third-order valence-electron chi connectivity index (χ3n) is 3.28. The molecule has 2 rings (SSSR count). The molecular weight excluding hydrogens is 409 g/mol. The molecule has 0 radical (unpaired) electrons. The number of amides is 1. The first-order chi connectivity index (χ1) is 11.7. The van der Waals surface area contributed by atoms with Crippen molar-refractivity contribution in [3.63, 3.8) is 0 Å². The van der Waals surface area contributed by atoms with Crippen LogP contribution in [0.25, 0.3) is 6.08 Å². The molecule has 0 N–H and O–H groups in total. The van der Waals surface area contributed by atoms with E-state index in [1.807, 2.05) is 0 Å². The van der Waals surface area contributed by atoms with Crippen LogP contribution in [0.4, 0.5) is 0 Å². The molecule has 0 saturated carbocycles. The fraction of sp³-hybridized carbons (Fsp3) is 0.200. The Morgan fingerprint density at radius 3 is 2.56 bits per heavy atom. The topological polar surface area (TPSA) is 101 Å². The van der Waals surface area contributed by atoms with Crippen molar-refractivity contribution in [3.8, 4) is 0 Å². The van der Waals surface area contributed by atoms with E-state index in [2.05, 4.69) is 0 Å². The van der Waals surface area contributed by atoms with Crippen molar-refractivity contribution >= 4 is 75.4 Å². The molecule has 1 aliphatic heterocycles. The number of benzene rings is 1. The molecule has 1 aromatic carbocycles. The van der Waals surface area contributed by atoms with Crippen LogP contribution in [0.2, 0.25) is 10.0 Å². The number of halogens is 2. The third-order valence-corrected chi connectivity index (χ3v) is 5.17. The van der Waals surface area contributed by atoms with Gasteiger partial charge in [-0.25, -0.2) is 0 Å². The van der Waals surface area contributed by atoms with Gasteiger partial charge in [-0.3, -0.25) is 9.69 Å². The van der Waals surface area contributed by atoms with Crippen LogP contribution in [-0.4, -0.2) is 33.1 Å². The minimum Gasteiger partial charge on any atom is -0.550 e. The molecule has 1 aliphatic rings. The van der Waals surface area contributed by atoms with Crippen LogP contribution in [0, 0.1) is 0 Å². The second kappa shape index (κ2) is 8.18. The van der Waals surface area contributed by atoms with Gasteiger partial charge >= 0.3 is 0 Å². The van der Waals surface area contributed by atoms with Gasteiger partial charge in [-0.2, -0.15) is 0 Å². The van der Waals surface area contributed by atoms with Gasteiger partial charge in [-0.15, -0.1) is 0 Å². The van der Waals surface area contributed by atoms with Crippen molar-refractivity contribution in [2.24, 2.45) is 0 Å². The molecule has 0 bridgehead atoms. The highest BCUT2D eigenvalue weighted by Crippen LogP contribution is 2.36. The van der Waals surface area contributed by atoms with Crippen molar-refractivity contribution < 1.29 is 24.6 Å². The van der Waals surface area contributed by atoms with Gasteiger partial charge in [-0.05, 0) is 36.6 Å². The number of hydrogen-bond donors (Lipinski definition) is 0. The Hall–Kier alpha value is -1.61. The van der Waals surface area contributed by atoms with Gasteiger partial charge in [0.05, 0.1) is 16.9 Å². The molecule has 0 unspecified atom stereocenters. The highest BCUT2D eigenvalue weighted by molar-refractivity contribution is 8.26. The van der Waals surface area contributed by atoms with Crippen LogP contribution in [-0.2, 0) is 14.4 Å². The van der Waals surface area contributed by atoms with Gasteiger partial charge in [0.15, 0.2) is 0 Å². The molecule has 10 heteroatoms. The fourth-order valence-electron chi connectivity index (χ4n) is 2.12. The lowest BCUT2D eigenvalue weighted by atomic mass is 10.1. The predicted octanol–water partition coefficient (Wildman–Crippen LogP) is 0.843. The zero-order valence-corrected chi connectivity index (χ0v) is 15.5. The second-order valence-electron chi connectivity index (χ2n) is 4.96. The maximum absolute atomic E-state index is 12.5. The van der Waals surface area contributed by atoms with E-state index in [9.17, 15) is 24.6 Å². The van der Waals surface area contributed by atoms with E-state index in [4.69, 9.17) is 35.4 Å². The number of nitrogens with zero attached hydrogens (tertiary/aromatic N) is 1. The Morgan fingerprint density at radius 1 is 1.32 bits per heavy atom. The zero-order chi connectivity index (χ0) is 18.7. The molecule has 1 saturated heterocycles. The van der Waals surface area contributed by atoms with Crippen LogP contribution in [0.5, 0.6) is 0 Å². The molecule has 1 aromatic rings. The normalized spacial score (nSPS) is 17.2. The Balaban J connectivity index is 2.30. The lowest BCUT2D eigenvalue weighted by Crippen LogP contribution is -2.50. The predicted molar refractivity (Wildman–Crippen MR) is 94.5 cm³/mol. The van der Waals surface area contributed by atoms with Crippen molar-refractivity contribution in [3.05, 3.63) is 38.7 Å². The van der Waals surface area contributed by atoms with Gasteiger partial charge in [0.1, 0.15) is 4.32 Å². The first-order valence-electron chi connectivity index (χ1n) is 6.83. The number of hydrogen-bond acceptors (Lipinski definition) is 7. The van der Waals surface area contributed by atoms with Gasteiger partial charge < -0.3 is 19.8 Å². The van der Waals surface area contributed by atoms with Gasteiger partial charge in [-0.1, -0.05) is 53.2 Å². The molecule has 6 nitrogen and oxygen atoms in total. The smallest absolute Gasteiger partial charge is 0.266 e. The van der Waals surface area contributed by atoms with Crippen LogP contribution in [0.15, 0.2) is 23.1 Å². The molecule has 1 amide bonds. The molecular formula is C15H9Cl2NO5S2-2. The molecule has 0 aliphatic carbocycles. The van der Waals surface area contributed by atoms with Crippen molar-refractivity contribution in [2.75, 3.05) is 0 Å². The van der Waals surface area contributed by atoms with E-state index in [1.54, 1.807) is 12.1 Å². The summed E-state index contributed by atoms with van der Waals surface area (Å²) in [6.45, 7) is 0. The number of rotatable bonds is 6. The fourth-order valence-corrected chi connectivity index (χ4v) is 3.93. The third kappa shape index (κ3) is 4.72. The van der Waals surface area contributed by atoms with Crippen LogP contribution in [0.1, 0.15) is 18.4 Å². The monoisotopic (exact) mass is 417 g/mol. The number of carbonyl (C=O) groups is 3. The SMILES string of the molecule is O=C([O-])CC[C@H](C(=O)[O-])N1C(=O)/C(=C/c2ccc(Cl)cc2Cl)SC1=S. The summed E-state index contributed by atoms with van der Waals surface area (Å²) in [5.74, 6) is -3.68. The van der Waals surface area contributed by atoms with E-state index in [1.165, 1.54) is 12.1 Å². The number of aliphatic carboxylic acids is 2. The summed E-state index contributed by atoms with van der Waals surface area (Å²) >= 11 is 17.8. The molecule has 132 valence electrons. The van der Waals surface area contributed by atoms with Crippen molar-refractivity contribution in [1.29, 1.82) is 0 Å². The minimum atomic E-state index is -1.59. The van der Waals surface area contributed by atoms with Gasteiger partial charge in [0.25, 0.3) is 5.91 Å². The van der Waals surface area contributed by atoms with Crippen LogP contribution < -0.4 is 10.2 Å². The Labute approximate surface area is 162 Å². The summed E-state index contributed by atoms with van der Waals surface area (Å²) in [6.07, 6.45) is 0.549. The molecule has 25 heavy (non-hydrogen) atoms. The average molecular weight is 418 g/mol. The summed E-state index contributed by atoms with van der Waals surface area (Å²) < 4.78 is -0.00566. The molecule has 0 spiro atoms. The molecule has 0 aromatic heterocycles. The van der Waals surface area contributed by atoms with Crippen molar-refractivity contribution in [1.82, 2.24) is 4.90 Å². The summed E-state index contributed by atoms with van der Waals surface area (Å²) in [5.41, 5.74) is 0.506. The Kier molecular flexibility index (Phi) is 6.45. The summed E-state index contributed by atoms with van der Waals surface area (Å²) in [4.78, 5) is 35.4. The lowest BCUT2D eigenvalue weighted by Gasteiger charge is -2.27. The largest absolute Gasteiger partial charge is 0.550 e.